The van der Waals surface area contributed by atoms with E-state index in [9.17, 15) is 9.90 Å². The zero-order chi connectivity index (χ0) is 23.1. The fraction of sp³-hybridized carbons (Fsp3) is 0.667. The second-order valence-electron chi connectivity index (χ2n) is 8.80. The number of carbonyl (C=O) groups is 1. The maximum absolute atomic E-state index is 12.8. The van der Waals surface area contributed by atoms with Crippen molar-refractivity contribution in [3.05, 3.63) is 23.9 Å². The van der Waals surface area contributed by atoms with E-state index in [0.29, 0.717) is 17.4 Å². The van der Waals surface area contributed by atoms with E-state index in [0.717, 1.165) is 75.6 Å². The van der Waals surface area contributed by atoms with Crippen LogP contribution in [0.5, 0.6) is 0 Å². The van der Waals surface area contributed by atoms with Crippen LogP contribution in [0, 0.1) is 0 Å². The van der Waals surface area contributed by atoms with E-state index in [1.165, 1.54) is 0 Å². The Balaban J connectivity index is 0.00000141. The largest absolute Gasteiger partial charge is 0.399 e. The van der Waals surface area contributed by atoms with Crippen LogP contribution in [0.15, 0.2) is 18.2 Å². The number of aliphatic hydroxyl groups excluding tert-OH is 1. The number of carbonyl (C=O) groups excluding carboxylic acids is 1. The van der Waals surface area contributed by atoms with E-state index < -0.39 is 0 Å². The zero-order valence-electron chi connectivity index (χ0n) is 19.8. The minimum atomic E-state index is -0.107. The molecule has 0 radical (unpaired) electrons. The lowest BCUT2D eigenvalue weighted by Gasteiger charge is -2.33. The molecule has 32 heavy (non-hydrogen) atoms. The van der Waals surface area contributed by atoms with E-state index in [-0.39, 0.29) is 18.1 Å². The van der Waals surface area contributed by atoms with Gasteiger partial charge in [-0.15, -0.1) is 0 Å². The number of piperidine rings is 1. The Morgan fingerprint density at radius 2 is 1.81 bits per heavy atom. The maximum Gasteiger partial charge on any atom is 0.272 e. The summed E-state index contributed by atoms with van der Waals surface area (Å²) in [6.07, 6.45) is 5.80. The van der Waals surface area contributed by atoms with E-state index >= 15 is 0 Å². The Morgan fingerprint density at radius 1 is 1.12 bits per heavy atom. The number of nitrogens with zero attached hydrogens (tertiary/aromatic N) is 3. The molecule has 0 bridgehead atoms. The number of aliphatic hydroxyl groups is 1. The van der Waals surface area contributed by atoms with Crippen LogP contribution in [0.1, 0.15) is 62.9 Å². The smallest absolute Gasteiger partial charge is 0.272 e. The number of likely N-dealkylation sites (tertiary alicyclic amines) is 1. The van der Waals surface area contributed by atoms with Crippen LogP contribution in [0.4, 0.5) is 5.69 Å². The summed E-state index contributed by atoms with van der Waals surface area (Å²) in [5.41, 5.74) is 7.87. The third-order valence-corrected chi connectivity index (χ3v) is 6.57. The molecule has 2 heterocycles. The highest BCUT2D eigenvalue weighted by atomic mass is 16.3. The molecular formula is C24H40N6O2. The Labute approximate surface area is 191 Å². The number of aryl methyl sites for hydroxylation is 1. The molecule has 0 spiro atoms. The second-order valence-corrected chi connectivity index (χ2v) is 8.80. The number of fused-ring (bicyclic) bond motifs is 1. The number of nitrogens with two attached hydrogens (primary N) is 1. The predicted octanol–water partition coefficient (Wildman–Crippen LogP) is 2.27. The molecule has 0 unspecified atom stereocenters. The van der Waals surface area contributed by atoms with Crippen molar-refractivity contribution in [2.75, 3.05) is 31.9 Å². The molecule has 8 heteroatoms. The Kier molecular flexibility index (Phi) is 8.90. The number of nitrogen functional groups attached to an aromatic ring is 1. The normalized spacial score (nSPS) is 22.4. The Hall–Kier alpha value is -2.16. The highest BCUT2D eigenvalue weighted by molar-refractivity contribution is 6.05. The van der Waals surface area contributed by atoms with Crippen molar-refractivity contribution in [2.45, 2.75) is 70.6 Å². The average Bonchev–Trinajstić information content (AvgIpc) is 3.13. The van der Waals surface area contributed by atoms with E-state index in [1.807, 2.05) is 39.1 Å². The van der Waals surface area contributed by atoms with Gasteiger partial charge >= 0.3 is 0 Å². The van der Waals surface area contributed by atoms with Gasteiger partial charge in [0.1, 0.15) is 0 Å². The summed E-state index contributed by atoms with van der Waals surface area (Å²) >= 11 is 0. The number of anilines is 1. The van der Waals surface area contributed by atoms with Crippen LogP contribution in [-0.2, 0) is 7.05 Å². The first-order valence-corrected chi connectivity index (χ1v) is 12.2. The first-order valence-electron chi connectivity index (χ1n) is 12.2. The molecule has 2 aliphatic rings. The van der Waals surface area contributed by atoms with Gasteiger partial charge in [0.05, 0.1) is 11.6 Å². The monoisotopic (exact) mass is 444 g/mol. The van der Waals surface area contributed by atoms with Crippen molar-refractivity contribution in [3.63, 3.8) is 0 Å². The number of hydrogen-bond donors (Lipinski definition) is 4. The fourth-order valence-corrected chi connectivity index (χ4v) is 4.70. The molecule has 2 aromatic rings. The van der Waals surface area contributed by atoms with Crippen molar-refractivity contribution >= 4 is 22.5 Å². The summed E-state index contributed by atoms with van der Waals surface area (Å²) < 4.78 is 1.71. The van der Waals surface area contributed by atoms with Crippen molar-refractivity contribution in [1.29, 1.82) is 0 Å². The maximum atomic E-state index is 12.8. The summed E-state index contributed by atoms with van der Waals surface area (Å²) in [4.78, 5) is 15.3. The highest BCUT2D eigenvalue weighted by Gasteiger charge is 2.24. The molecule has 1 aliphatic heterocycles. The van der Waals surface area contributed by atoms with Gasteiger partial charge in [0.2, 0.25) is 0 Å². The van der Waals surface area contributed by atoms with Crippen LogP contribution in [0.25, 0.3) is 10.9 Å². The van der Waals surface area contributed by atoms with Gasteiger partial charge < -0.3 is 26.4 Å². The topological polar surface area (TPSA) is 108 Å². The number of benzene rings is 1. The molecule has 1 amide bonds. The Bertz CT molecular complexity index is 867. The molecule has 1 aromatic carbocycles. The van der Waals surface area contributed by atoms with Crippen molar-refractivity contribution in [2.24, 2.45) is 7.05 Å². The third-order valence-electron chi connectivity index (χ3n) is 6.57. The van der Waals surface area contributed by atoms with Gasteiger partial charge in [-0.2, -0.15) is 5.10 Å². The lowest BCUT2D eigenvalue weighted by Crippen LogP contribution is -2.47. The van der Waals surface area contributed by atoms with E-state index in [4.69, 9.17) is 5.73 Å². The van der Waals surface area contributed by atoms with E-state index in [1.54, 1.807) is 4.68 Å². The van der Waals surface area contributed by atoms with Gasteiger partial charge in [-0.1, -0.05) is 13.8 Å². The van der Waals surface area contributed by atoms with Gasteiger partial charge in [-0.05, 0) is 56.7 Å². The first-order chi connectivity index (χ1) is 15.5. The molecule has 8 nitrogen and oxygen atoms in total. The van der Waals surface area contributed by atoms with Crippen molar-refractivity contribution in [1.82, 2.24) is 25.3 Å². The van der Waals surface area contributed by atoms with Crippen molar-refractivity contribution in [3.8, 4) is 0 Å². The minimum absolute atomic E-state index is 0.0977. The number of nitrogens with one attached hydrogen (secondary N) is 2. The van der Waals surface area contributed by atoms with Crippen LogP contribution in [0.3, 0.4) is 0 Å². The van der Waals surface area contributed by atoms with Crippen molar-refractivity contribution < 1.29 is 9.90 Å². The first kappa shape index (κ1) is 24.5. The molecule has 2 fully saturated rings. The lowest BCUT2D eigenvalue weighted by atomic mass is 9.93. The second kappa shape index (κ2) is 11.6. The summed E-state index contributed by atoms with van der Waals surface area (Å²) in [5.74, 6) is -0.107. The number of hydrogen-bond acceptors (Lipinski definition) is 6. The van der Waals surface area contributed by atoms with Gasteiger partial charge in [0.25, 0.3) is 5.91 Å². The summed E-state index contributed by atoms with van der Waals surface area (Å²) in [6, 6.07) is 6.26. The SMILES string of the molecule is CC.Cn1nc(C(=O)NC2CCN(CCNC3CCC(O)CC3)CC2)c2ccc(N)cc21. The molecule has 1 aromatic heterocycles. The van der Waals surface area contributed by atoms with E-state index in [2.05, 4.69) is 20.6 Å². The molecular weight excluding hydrogens is 404 g/mol. The number of aromatic nitrogens is 2. The molecule has 4 rings (SSSR count). The minimum Gasteiger partial charge on any atom is -0.399 e. The molecule has 1 aliphatic carbocycles. The van der Waals surface area contributed by atoms with Gasteiger partial charge in [-0.3, -0.25) is 9.48 Å². The summed E-state index contributed by atoms with van der Waals surface area (Å²) in [5, 5.41) is 21.7. The van der Waals surface area contributed by atoms with Gasteiger partial charge in [0.15, 0.2) is 5.69 Å². The van der Waals surface area contributed by atoms with Crippen LogP contribution in [0.2, 0.25) is 0 Å². The fourth-order valence-electron chi connectivity index (χ4n) is 4.70. The standard InChI is InChI=1S/C22H34N6O2.C2H6/c1-27-20-14-15(23)2-7-19(20)21(26-27)22(30)25-17-8-11-28(12-9-17)13-10-24-16-3-5-18(29)6-4-16;1-2/h2,7,14,16-18,24,29H,3-6,8-13,23H2,1H3,(H,25,30);1-2H3. The predicted molar refractivity (Wildman–Crippen MR) is 130 cm³/mol. The molecule has 1 saturated heterocycles. The van der Waals surface area contributed by atoms with Gasteiger partial charge in [0, 0.05) is 56.4 Å². The zero-order valence-corrected chi connectivity index (χ0v) is 19.8. The van der Waals surface area contributed by atoms with Crippen LogP contribution in [-0.4, -0.2) is 70.1 Å². The summed E-state index contributed by atoms with van der Waals surface area (Å²) in [6.45, 7) is 8.01. The average molecular weight is 445 g/mol. The van der Waals surface area contributed by atoms with Crippen LogP contribution >= 0.6 is 0 Å². The third kappa shape index (κ3) is 6.21. The lowest BCUT2D eigenvalue weighted by molar-refractivity contribution is 0.0906. The molecule has 0 atom stereocenters. The number of rotatable bonds is 6. The van der Waals surface area contributed by atoms with Crippen LogP contribution < -0.4 is 16.4 Å². The summed E-state index contributed by atoms with van der Waals surface area (Å²) in [7, 11) is 1.83. The highest BCUT2D eigenvalue weighted by Crippen LogP contribution is 2.21. The quantitative estimate of drug-likeness (QED) is 0.509. The molecule has 178 valence electrons. The molecule has 5 N–H and O–H groups in total. The van der Waals surface area contributed by atoms with Gasteiger partial charge in [-0.25, -0.2) is 0 Å². The number of amides is 1. The molecule has 1 saturated carbocycles. The Morgan fingerprint density at radius 3 is 2.50 bits per heavy atom.